The van der Waals surface area contributed by atoms with E-state index in [0.717, 1.165) is 0 Å². The maximum Gasteiger partial charge on any atom is 0.274 e. The number of carbonyl (C=O) groups is 2. The molecule has 0 unspecified atom stereocenters. The summed E-state index contributed by atoms with van der Waals surface area (Å²) in [4.78, 5) is 41.2. The number of benzene rings is 1. The minimum absolute atomic E-state index is 0.129. The van der Waals surface area contributed by atoms with Crippen LogP contribution in [0.3, 0.4) is 0 Å². The van der Waals surface area contributed by atoms with Gasteiger partial charge in [0, 0.05) is 49.6 Å². The number of hydrogen-bond acceptors (Lipinski definition) is 5. The first-order valence-corrected chi connectivity index (χ1v) is 11.4. The molecule has 35 heavy (non-hydrogen) atoms. The standard InChI is InChI=1S/C24H24F3N3O5/c1-11-3-4-17(35-2)24-6-5-16-18(20(31)21(32)19(30(16)24)23(34)29(11)10-24)22(33)28-9-13-14(26)7-12(25)8-15(13)27/h7-8,11,17,32H,3-6,9-10H2,1-2H3,(H,28,33)/t11-,17-,24+/m0/s1. The molecule has 11 heteroatoms. The molecule has 3 aliphatic heterocycles. The van der Waals surface area contributed by atoms with E-state index in [2.05, 4.69) is 5.32 Å². The van der Waals surface area contributed by atoms with E-state index in [1.54, 1.807) is 16.6 Å². The monoisotopic (exact) mass is 491 g/mol. The molecule has 0 aliphatic carbocycles. The van der Waals surface area contributed by atoms with Crippen LogP contribution in [0.2, 0.25) is 0 Å². The zero-order chi connectivity index (χ0) is 25.2. The second-order valence-corrected chi connectivity index (χ2v) is 9.40. The van der Waals surface area contributed by atoms with Gasteiger partial charge in [0.1, 0.15) is 23.0 Å². The highest BCUT2D eigenvalue weighted by molar-refractivity contribution is 6.00. The normalized spacial score (nSPS) is 24.8. The Morgan fingerprint density at radius 2 is 1.91 bits per heavy atom. The number of nitrogens with one attached hydrogen (secondary N) is 1. The second kappa shape index (κ2) is 8.11. The van der Waals surface area contributed by atoms with Gasteiger partial charge in [-0.05, 0) is 32.6 Å². The number of hydrogen-bond donors (Lipinski definition) is 2. The number of methoxy groups -OCH3 is 1. The minimum atomic E-state index is -1.18. The molecule has 4 heterocycles. The maximum absolute atomic E-state index is 14.0. The average Bonchev–Trinajstić information content (AvgIpc) is 3.11. The first-order chi connectivity index (χ1) is 16.6. The molecule has 2 aromatic rings. The molecular weight excluding hydrogens is 467 g/mol. The minimum Gasteiger partial charge on any atom is -0.503 e. The van der Waals surface area contributed by atoms with Gasteiger partial charge >= 0.3 is 0 Å². The number of carbonyl (C=O) groups excluding carboxylic acids is 2. The van der Waals surface area contributed by atoms with Gasteiger partial charge in [-0.25, -0.2) is 13.2 Å². The van der Waals surface area contributed by atoms with Gasteiger partial charge in [-0.2, -0.15) is 0 Å². The van der Waals surface area contributed by atoms with Crippen LogP contribution in [0.4, 0.5) is 13.2 Å². The Hall–Kier alpha value is -3.34. The maximum atomic E-state index is 14.0. The van der Waals surface area contributed by atoms with E-state index in [0.29, 0.717) is 37.9 Å². The quantitative estimate of drug-likeness (QED) is 0.683. The van der Waals surface area contributed by atoms with Gasteiger partial charge in [-0.1, -0.05) is 0 Å². The van der Waals surface area contributed by atoms with E-state index in [4.69, 9.17) is 4.74 Å². The number of nitrogens with zero attached hydrogens (tertiary/aromatic N) is 2. The van der Waals surface area contributed by atoms with Gasteiger partial charge in [0.2, 0.25) is 5.43 Å². The first kappa shape index (κ1) is 23.4. The molecule has 2 N–H and O–H groups in total. The summed E-state index contributed by atoms with van der Waals surface area (Å²) in [5, 5.41) is 13.1. The van der Waals surface area contributed by atoms with Crippen LogP contribution in [0.5, 0.6) is 5.75 Å². The fraction of sp³-hybridized carbons (Fsp3) is 0.458. The summed E-state index contributed by atoms with van der Waals surface area (Å²) in [7, 11) is 1.57. The summed E-state index contributed by atoms with van der Waals surface area (Å²) >= 11 is 0. The number of pyridine rings is 1. The molecule has 2 bridgehead atoms. The topological polar surface area (TPSA) is 101 Å². The predicted molar refractivity (Wildman–Crippen MR) is 117 cm³/mol. The van der Waals surface area contributed by atoms with E-state index >= 15 is 0 Å². The van der Waals surface area contributed by atoms with Gasteiger partial charge in [-0.3, -0.25) is 14.4 Å². The Kier molecular flexibility index (Phi) is 5.42. The Morgan fingerprint density at radius 1 is 1.23 bits per heavy atom. The number of amides is 2. The molecule has 3 aliphatic rings. The van der Waals surface area contributed by atoms with Crippen LogP contribution in [0.1, 0.15) is 58.3 Å². The molecule has 3 atom stereocenters. The van der Waals surface area contributed by atoms with E-state index in [1.807, 2.05) is 6.92 Å². The Bertz CT molecular complexity index is 1300. The largest absolute Gasteiger partial charge is 0.503 e. The van der Waals surface area contributed by atoms with Crippen molar-refractivity contribution in [2.75, 3.05) is 13.7 Å². The Morgan fingerprint density at radius 3 is 2.57 bits per heavy atom. The number of ether oxygens (including phenoxy) is 1. The van der Waals surface area contributed by atoms with Crippen molar-refractivity contribution in [2.45, 2.75) is 56.8 Å². The number of aromatic nitrogens is 1. The third-order valence-electron chi connectivity index (χ3n) is 7.62. The Labute approximate surface area is 198 Å². The smallest absolute Gasteiger partial charge is 0.274 e. The lowest BCUT2D eigenvalue weighted by atomic mass is 9.86. The third kappa shape index (κ3) is 3.28. The third-order valence-corrected chi connectivity index (χ3v) is 7.62. The average molecular weight is 491 g/mol. The van der Waals surface area contributed by atoms with Crippen LogP contribution < -0.4 is 10.7 Å². The SMILES string of the molecule is CO[C@H]1CC[C@H](C)N2C[C@]13CCc1c(C(=O)NCc4c(F)cc(F)cc4F)c(=O)c(O)c(n13)C2=O. The Balaban J connectivity index is 1.61. The highest BCUT2D eigenvalue weighted by Crippen LogP contribution is 2.47. The van der Waals surface area contributed by atoms with Crippen LogP contribution >= 0.6 is 0 Å². The van der Waals surface area contributed by atoms with E-state index in [-0.39, 0.29) is 35.5 Å². The molecule has 8 nitrogen and oxygen atoms in total. The van der Waals surface area contributed by atoms with Crippen molar-refractivity contribution in [1.29, 1.82) is 0 Å². The van der Waals surface area contributed by atoms with Crippen molar-refractivity contribution in [3.63, 3.8) is 0 Å². The predicted octanol–water partition coefficient (Wildman–Crippen LogP) is 2.20. The van der Waals surface area contributed by atoms with Crippen LogP contribution in [0.25, 0.3) is 0 Å². The van der Waals surface area contributed by atoms with Crippen molar-refractivity contribution in [1.82, 2.24) is 14.8 Å². The number of halogens is 3. The molecule has 1 aromatic carbocycles. The molecule has 186 valence electrons. The summed E-state index contributed by atoms with van der Waals surface area (Å²) in [5.41, 5.74) is -2.66. The molecule has 1 fully saturated rings. The zero-order valence-electron chi connectivity index (χ0n) is 19.2. The van der Waals surface area contributed by atoms with Crippen molar-refractivity contribution in [3.05, 3.63) is 62.3 Å². The highest BCUT2D eigenvalue weighted by Gasteiger charge is 2.56. The fourth-order valence-corrected chi connectivity index (χ4v) is 5.88. The van der Waals surface area contributed by atoms with Crippen LogP contribution in [0.15, 0.2) is 16.9 Å². The summed E-state index contributed by atoms with van der Waals surface area (Å²) in [6, 6.07) is 0.848. The lowest BCUT2D eigenvalue weighted by Crippen LogP contribution is -2.58. The van der Waals surface area contributed by atoms with Crippen molar-refractivity contribution < 1.29 is 32.6 Å². The molecule has 1 aromatic heterocycles. The lowest BCUT2D eigenvalue weighted by Gasteiger charge is -2.46. The lowest BCUT2D eigenvalue weighted by molar-refractivity contribution is -0.0199. The molecular formula is C24H24F3N3O5. The van der Waals surface area contributed by atoms with E-state index in [9.17, 15) is 32.7 Å². The summed E-state index contributed by atoms with van der Waals surface area (Å²) in [5.74, 6) is -5.76. The van der Waals surface area contributed by atoms with Gasteiger partial charge < -0.3 is 24.6 Å². The number of rotatable bonds is 4. The number of aromatic hydroxyl groups is 1. The molecule has 5 rings (SSSR count). The summed E-state index contributed by atoms with van der Waals surface area (Å²) in [6.07, 6.45) is 1.71. The van der Waals surface area contributed by atoms with Crippen LogP contribution in [-0.2, 0) is 23.2 Å². The van der Waals surface area contributed by atoms with Gasteiger partial charge in [0.25, 0.3) is 11.8 Å². The second-order valence-electron chi connectivity index (χ2n) is 9.40. The molecule has 0 radical (unpaired) electrons. The molecule has 1 spiro atoms. The first-order valence-electron chi connectivity index (χ1n) is 11.4. The van der Waals surface area contributed by atoms with Crippen molar-refractivity contribution in [2.24, 2.45) is 0 Å². The van der Waals surface area contributed by atoms with E-state index in [1.165, 1.54) is 0 Å². The zero-order valence-corrected chi connectivity index (χ0v) is 19.2. The van der Waals surface area contributed by atoms with Crippen LogP contribution in [0, 0.1) is 17.5 Å². The highest BCUT2D eigenvalue weighted by atomic mass is 19.1. The van der Waals surface area contributed by atoms with Crippen molar-refractivity contribution >= 4 is 11.8 Å². The molecule has 1 saturated heterocycles. The van der Waals surface area contributed by atoms with Crippen molar-refractivity contribution in [3.8, 4) is 5.75 Å². The fourth-order valence-electron chi connectivity index (χ4n) is 5.88. The summed E-state index contributed by atoms with van der Waals surface area (Å²) in [6.45, 7) is 1.56. The summed E-state index contributed by atoms with van der Waals surface area (Å²) < 4.78 is 48.6. The van der Waals surface area contributed by atoms with E-state index < -0.39 is 58.1 Å². The van der Waals surface area contributed by atoms with Gasteiger partial charge in [0.05, 0.1) is 11.6 Å². The molecule has 0 saturated carbocycles. The van der Waals surface area contributed by atoms with Gasteiger partial charge in [-0.15, -0.1) is 0 Å². The van der Waals surface area contributed by atoms with Gasteiger partial charge in [0.15, 0.2) is 11.4 Å². The number of fused-ring (bicyclic) bond motifs is 1. The van der Waals surface area contributed by atoms with Crippen LogP contribution in [-0.4, -0.2) is 52.2 Å². The molecule has 2 amide bonds.